The van der Waals surface area contributed by atoms with Gasteiger partial charge in [-0.15, -0.1) is 0 Å². The van der Waals surface area contributed by atoms with E-state index in [1.165, 1.54) is 29.2 Å². The predicted octanol–water partition coefficient (Wildman–Crippen LogP) is 5.25. The zero-order valence-electron chi connectivity index (χ0n) is 21.7. The molecule has 0 radical (unpaired) electrons. The lowest BCUT2D eigenvalue weighted by Gasteiger charge is -2.29. The van der Waals surface area contributed by atoms with Gasteiger partial charge in [-0.1, -0.05) is 42.5 Å². The maximum atomic E-state index is 13.5. The Bertz CT molecular complexity index is 1790. The molecule has 0 N–H and O–H groups in total. The van der Waals surface area contributed by atoms with Crippen molar-refractivity contribution in [3.8, 4) is 5.69 Å². The summed E-state index contributed by atoms with van der Waals surface area (Å²) in [6.45, 7) is 2.75. The number of halogens is 1. The molecule has 6 rings (SSSR count). The molecule has 0 bridgehead atoms. The molecule has 3 aromatic carbocycles. The number of hydrogen-bond donors (Lipinski definition) is 0. The Morgan fingerprint density at radius 3 is 2.49 bits per heavy atom. The first-order valence-corrected chi connectivity index (χ1v) is 14.2. The molecule has 1 fully saturated rings. The minimum atomic E-state index is -3.70. The SMILES string of the molecule is Cc1cc2c(cnn2-c2ccc(F)cc2)cc1C1(/C=C/c2ccccc2)CCN(S(=O)(=O)c2cnn(C)c2)C1. The first kappa shape index (κ1) is 25.2. The molecule has 9 heteroatoms. The van der Waals surface area contributed by atoms with Gasteiger partial charge in [0.25, 0.3) is 0 Å². The molecule has 7 nitrogen and oxygen atoms in total. The molecule has 1 aliphatic rings. The van der Waals surface area contributed by atoms with E-state index < -0.39 is 15.4 Å². The van der Waals surface area contributed by atoms with Gasteiger partial charge in [-0.3, -0.25) is 4.68 Å². The van der Waals surface area contributed by atoms with Gasteiger partial charge in [0.15, 0.2) is 0 Å². The molecule has 1 aliphatic heterocycles. The summed E-state index contributed by atoms with van der Waals surface area (Å²) < 4.78 is 45.4. The number of aryl methyl sites for hydroxylation is 2. The molecule has 198 valence electrons. The highest BCUT2D eigenvalue weighted by atomic mass is 32.2. The monoisotopic (exact) mass is 541 g/mol. The van der Waals surface area contributed by atoms with Gasteiger partial charge >= 0.3 is 0 Å². The Morgan fingerprint density at radius 1 is 1.00 bits per heavy atom. The first-order chi connectivity index (χ1) is 18.7. The molecule has 0 spiro atoms. The summed E-state index contributed by atoms with van der Waals surface area (Å²) in [7, 11) is -1.99. The molecule has 1 atom stereocenters. The molecule has 39 heavy (non-hydrogen) atoms. The van der Waals surface area contributed by atoms with Crippen molar-refractivity contribution in [3.05, 3.63) is 114 Å². The van der Waals surface area contributed by atoms with Crippen LogP contribution in [0.1, 0.15) is 23.1 Å². The maximum Gasteiger partial charge on any atom is 0.246 e. The van der Waals surface area contributed by atoms with E-state index in [1.54, 1.807) is 34.4 Å². The van der Waals surface area contributed by atoms with Crippen LogP contribution in [-0.4, -0.2) is 45.4 Å². The standard InChI is InChI=1S/C30H28FN5O2S/c1-22-16-29-24(18-33-36(29)26-10-8-25(31)9-11-26)17-28(22)30(13-12-23-6-4-3-5-7-23)14-15-35(21-30)39(37,38)27-19-32-34(2)20-27/h3-13,16-20H,14-15,21H2,1-2H3/b13-12+. The summed E-state index contributed by atoms with van der Waals surface area (Å²) in [6.07, 6.45) is 9.60. The second kappa shape index (κ2) is 9.59. The highest BCUT2D eigenvalue weighted by Crippen LogP contribution is 2.42. The summed E-state index contributed by atoms with van der Waals surface area (Å²) in [4.78, 5) is 0.195. The van der Waals surface area contributed by atoms with E-state index in [2.05, 4.69) is 34.5 Å². The van der Waals surface area contributed by atoms with Crippen LogP contribution >= 0.6 is 0 Å². The van der Waals surface area contributed by atoms with Gasteiger partial charge in [0.1, 0.15) is 10.7 Å². The van der Waals surface area contributed by atoms with Gasteiger partial charge in [0.05, 0.1) is 23.6 Å². The Morgan fingerprint density at radius 2 is 1.77 bits per heavy atom. The smallest absolute Gasteiger partial charge is 0.246 e. The van der Waals surface area contributed by atoms with Gasteiger partial charge in [-0.05, 0) is 66.4 Å². The van der Waals surface area contributed by atoms with Crippen molar-refractivity contribution in [3.63, 3.8) is 0 Å². The van der Waals surface area contributed by atoms with Gasteiger partial charge in [0.2, 0.25) is 10.0 Å². The van der Waals surface area contributed by atoms with Crippen LogP contribution in [0.15, 0.2) is 96.3 Å². The van der Waals surface area contributed by atoms with Gasteiger partial charge < -0.3 is 0 Å². The number of hydrogen-bond acceptors (Lipinski definition) is 4. The van der Waals surface area contributed by atoms with Crippen molar-refractivity contribution >= 4 is 27.0 Å². The number of nitrogens with zero attached hydrogens (tertiary/aromatic N) is 5. The van der Waals surface area contributed by atoms with E-state index in [1.807, 2.05) is 37.3 Å². The van der Waals surface area contributed by atoms with E-state index >= 15 is 0 Å². The van der Waals surface area contributed by atoms with Crippen LogP contribution in [0, 0.1) is 12.7 Å². The fourth-order valence-corrected chi connectivity index (χ4v) is 6.95. The van der Waals surface area contributed by atoms with Gasteiger partial charge in [0, 0.05) is 37.1 Å². The van der Waals surface area contributed by atoms with Crippen molar-refractivity contribution < 1.29 is 12.8 Å². The molecule has 1 saturated heterocycles. The van der Waals surface area contributed by atoms with Crippen molar-refractivity contribution in [1.29, 1.82) is 0 Å². The van der Waals surface area contributed by atoms with Gasteiger partial charge in [-0.25, -0.2) is 17.5 Å². The molecule has 0 aliphatic carbocycles. The lowest BCUT2D eigenvalue weighted by atomic mass is 9.76. The van der Waals surface area contributed by atoms with Gasteiger partial charge in [-0.2, -0.15) is 14.5 Å². The summed E-state index contributed by atoms with van der Waals surface area (Å²) >= 11 is 0. The van der Waals surface area contributed by atoms with Crippen LogP contribution in [0.2, 0.25) is 0 Å². The summed E-state index contributed by atoms with van der Waals surface area (Å²) in [5.41, 5.74) is 4.28. The van der Waals surface area contributed by atoms with E-state index in [0.717, 1.165) is 33.3 Å². The zero-order chi connectivity index (χ0) is 27.2. The maximum absolute atomic E-state index is 13.5. The van der Waals surface area contributed by atoms with Crippen molar-refractivity contribution in [2.75, 3.05) is 13.1 Å². The van der Waals surface area contributed by atoms with Crippen LogP contribution in [0.5, 0.6) is 0 Å². The molecule has 1 unspecified atom stereocenters. The second-order valence-electron chi connectivity index (χ2n) is 10.1. The van der Waals surface area contributed by atoms with E-state index in [-0.39, 0.29) is 10.7 Å². The molecule has 0 amide bonds. The fraction of sp³-hybridized carbons (Fsp3) is 0.200. The number of rotatable bonds is 6. The van der Waals surface area contributed by atoms with Crippen molar-refractivity contribution in [2.24, 2.45) is 7.05 Å². The molecule has 3 heterocycles. The lowest BCUT2D eigenvalue weighted by molar-refractivity contribution is 0.457. The highest BCUT2D eigenvalue weighted by Gasteiger charge is 2.43. The third kappa shape index (κ3) is 4.57. The third-order valence-electron chi connectivity index (χ3n) is 7.50. The molecule has 5 aromatic rings. The first-order valence-electron chi connectivity index (χ1n) is 12.7. The summed E-state index contributed by atoms with van der Waals surface area (Å²) in [6, 6.07) is 20.5. The molecular formula is C30H28FN5O2S. The average Bonchev–Trinajstić information content (AvgIpc) is 3.67. The Hall–Kier alpha value is -4.08. The van der Waals surface area contributed by atoms with Crippen LogP contribution < -0.4 is 0 Å². The minimum Gasteiger partial charge on any atom is -0.274 e. The Labute approximate surface area is 226 Å². The fourth-order valence-electron chi connectivity index (χ4n) is 5.45. The predicted molar refractivity (Wildman–Crippen MR) is 150 cm³/mol. The van der Waals surface area contributed by atoms with Crippen LogP contribution in [0.4, 0.5) is 4.39 Å². The molecule has 0 saturated carbocycles. The zero-order valence-corrected chi connectivity index (χ0v) is 22.5. The number of fused-ring (bicyclic) bond motifs is 1. The second-order valence-corrected chi connectivity index (χ2v) is 12.0. The summed E-state index contributed by atoms with van der Waals surface area (Å²) in [5.74, 6) is -0.298. The largest absolute Gasteiger partial charge is 0.274 e. The normalized spacial score (nSPS) is 18.4. The lowest BCUT2D eigenvalue weighted by Crippen LogP contribution is -2.34. The quantitative estimate of drug-likeness (QED) is 0.294. The Kier molecular flexibility index (Phi) is 6.20. The molecular weight excluding hydrogens is 513 g/mol. The Balaban J connectivity index is 1.44. The minimum absolute atomic E-state index is 0.195. The third-order valence-corrected chi connectivity index (χ3v) is 9.30. The molecule has 2 aromatic heterocycles. The topological polar surface area (TPSA) is 73.0 Å². The van der Waals surface area contributed by atoms with Crippen LogP contribution in [0.25, 0.3) is 22.7 Å². The highest BCUT2D eigenvalue weighted by molar-refractivity contribution is 7.89. The van der Waals surface area contributed by atoms with E-state index in [9.17, 15) is 12.8 Å². The van der Waals surface area contributed by atoms with Crippen LogP contribution in [0.3, 0.4) is 0 Å². The number of sulfonamides is 1. The summed E-state index contributed by atoms with van der Waals surface area (Å²) in [5, 5.41) is 9.58. The van der Waals surface area contributed by atoms with Crippen LogP contribution in [-0.2, 0) is 22.5 Å². The van der Waals surface area contributed by atoms with E-state index in [0.29, 0.717) is 19.5 Å². The van der Waals surface area contributed by atoms with Crippen molar-refractivity contribution in [1.82, 2.24) is 23.9 Å². The van der Waals surface area contributed by atoms with Crippen molar-refractivity contribution in [2.45, 2.75) is 23.7 Å². The number of benzene rings is 3. The van der Waals surface area contributed by atoms with E-state index in [4.69, 9.17) is 0 Å². The number of aromatic nitrogens is 4. The average molecular weight is 542 g/mol.